The third-order valence-corrected chi connectivity index (χ3v) is 9.94. The van der Waals surface area contributed by atoms with Crippen molar-refractivity contribution in [2.45, 2.75) is 56.4 Å². The second-order valence-electron chi connectivity index (χ2n) is 15.0. The molecule has 1 aliphatic rings. The summed E-state index contributed by atoms with van der Waals surface area (Å²) in [5.74, 6) is -0.851. The molecule has 0 bridgehead atoms. The van der Waals surface area contributed by atoms with E-state index in [9.17, 15) is 14.4 Å². The van der Waals surface area contributed by atoms with Crippen molar-refractivity contribution < 1.29 is 33.1 Å². The van der Waals surface area contributed by atoms with Crippen LogP contribution in [0.3, 0.4) is 0 Å². The van der Waals surface area contributed by atoms with E-state index >= 15 is 0 Å². The lowest BCUT2D eigenvalue weighted by molar-refractivity contribution is -0.123. The van der Waals surface area contributed by atoms with E-state index in [-0.39, 0.29) is 37.3 Å². The first-order chi connectivity index (χ1) is 28.0. The van der Waals surface area contributed by atoms with Gasteiger partial charge in [-0.1, -0.05) is 145 Å². The molecule has 0 unspecified atom stereocenters. The maximum absolute atomic E-state index is 14.6. The molecule has 296 valence electrons. The number of primary amides is 1. The van der Waals surface area contributed by atoms with Gasteiger partial charge in [0.1, 0.15) is 18.2 Å². The van der Waals surface area contributed by atoms with Gasteiger partial charge >= 0.3 is 12.2 Å². The van der Waals surface area contributed by atoms with Crippen molar-refractivity contribution in [3.63, 3.8) is 0 Å². The van der Waals surface area contributed by atoms with Gasteiger partial charge in [-0.15, -0.1) is 0 Å². The Balaban J connectivity index is 1.20. The summed E-state index contributed by atoms with van der Waals surface area (Å²) in [5.41, 5.74) is 10.4. The van der Waals surface area contributed by atoms with Gasteiger partial charge in [0.15, 0.2) is 6.10 Å². The topological polar surface area (TPSA) is 168 Å². The highest BCUT2D eigenvalue weighted by Crippen LogP contribution is 2.44. The van der Waals surface area contributed by atoms with Crippen molar-refractivity contribution in [3.8, 4) is 11.1 Å². The average Bonchev–Trinajstić information content (AvgIpc) is 3.85. The molecule has 12 nitrogen and oxygen atoms in total. The van der Waals surface area contributed by atoms with Crippen molar-refractivity contribution >= 4 is 18.1 Å². The third-order valence-electron chi connectivity index (χ3n) is 9.94. The predicted octanol–water partition coefficient (Wildman–Crippen LogP) is 8.10. The van der Waals surface area contributed by atoms with E-state index in [0.29, 0.717) is 0 Å². The highest BCUT2D eigenvalue weighted by molar-refractivity contribution is 5.81. The number of alkyl carbamates (subject to hydrolysis) is 1. The Morgan fingerprint density at radius 1 is 0.741 bits per heavy atom. The Morgan fingerprint density at radius 3 is 1.74 bits per heavy atom. The van der Waals surface area contributed by atoms with Crippen molar-refractivity contribution in [1.29, 1.82) is 0 Å². The van der Waals surface area contributed by atoms with Crippen LogP contribution >= 0.6 is 0 Å². The zero-order chi connectivity index (χ0) is 40.7. The maximum atomic E-state index is 14.6. The number of hydrogen-bond acceptors (Lipinski definition) is 9. The number of rotatable bonds is 14. The van der Waals surface area contributed by atoms with Crippen LogP contribution in [0.4, 0.5) is 9.59 Å². The van der Waals surface area contributed by atoms with Gasteiger partial charge in [0, 0.05) is 5.92 Å². The molecule has 0 aliphatic heterocycles. The Labute approximate surface area is 336 Å². The van der Waals surface area contributed by atoms with Crippen LogP contribution in [0.2, 0.25) is 0 Å². The van der Waals surface area contributed by atoms with Crippen LogP contribution in [0.1, 0.15) is 84.8 Å². The van der Waals surface area contributed by atoms with E-state index in [4.69, 9.17) is 24.5 Å². The van der Waals surface area contributed by atoms with E-state index in [1.807, 2.05) is 148 Å². The average molecular weight is 780 g/mol. The molecule has 0 saturated carbocycles. The number of nitrogens with two attached hydrogens (primary N) is 1. The highest BCUT2D eigenvalue weighted by atomic mass is 16.6. The number of ether oxygens (including phenoxy) is 3. The van der Waals surface area contributed by atoms with Crippen molar-refractivity contribution in [2.75, 3.05) is 13.2 Å². The van der Waals surface area contributed by atoms with Gasteiger partial charge < -0.3 is 35.1 Å². The zero-order valence-corrected chi connectivity index (χ0v) is 32.5. The van der Waals surface area contributed by atoms with Crippen LogP contribution in [0.15, 0.2) is 144 Å². The molecule has 4 N–H and O–H groups in total. The largest absolute Gasteiger partial charge is 0.449 e. The minimum Gasteiger partial charge on any atom is -0.449 e. The van der Waals surface area contributed by atoms with Crippen LogP contribution in [-0.2, 0) is 24.5 Å². The lowest BCUT2D eigenvalue weighted by Crippen LogP contribution is -2.48. The molecule has 6 aromatic rings. The monoisotopic (exact) mass is 779 g/mol. The summed E-state index contributed by atoms with van der Waals surface area (Å²) in [7, 11) is 0. The van der Waals surface area contributed by atoms with Gasteiger partial charge in [-0.2, -0.15) is 4.98 Å². The standard InChI is InChI=1S/C46H45N5O7/c1-45(2,3)56-29-39(57-43(47)53)41-49-42(58-51-41)38(48-44(54)55-28-37-35-25-15-13-23-33(35)34-24-14-16-26-36(34)37)27-40(52)50-46(30-17-7-4-8-18-30,31-19-9-5-10-20-31)32-21-11-6-12-22-32/h4-26,37-39H,27-29H2,1-3H3,(H2,47,53)(H,48,54)(H,50,52)/t38-,39-/m0/s1. The molecule has 0 saturated heterocycles. The number of nitrogens with one attached hydrogen (secondary N) is 2. The predicted molar refractivity (Wildman–Crippen MR) is 216 cm³/mol. The second kappa shape index (κ2) is 17.1. The number of hydrogen-bond donors (Lipinski definition) is 3. The van der Waals surface area contributed by atoms with Gasteiger partial charge in [-0.3, -0.25) is 4.79 Å². The molecule has 0 radical (unpaired) electrons. The molecule has 1 aliphatic carbocycles. The quantitative estimate of drug-likeness (QED) is 0.0926. The Morgan fingerprint density at radius 2 is 1.24 bits per heavy atom. The fourth-order valence-electron chi connectivity index (χ4n) is 7.36. The van der Waals surface area contributed by atoms with Gasteiger partial charge in [0.2, 0.25) is 17.6 Å². The molecule has 5 aromatic carbocycles. The summed E-state index contributed by atoms with van der Waals surface area (Å²) in [6, 6.07) is 43.8. The molecule has 0 spiro atoms. The Kier molecular flexibility index (Phi) is 11.7. The lowest BCUT2D eigenvalue weighted by atomic mass is 9.77. The Bertz CT molecular complexity index is 2200. The van der Waals surface area contributed by atoms with Crippen molar-refractivity contribution in [3.05, 3.63) is 179 Å². The summed E-state index contributed by atoms with van der Waals surface area (Å²) in [6.45, 7) is 5.41. The first-order valence-electron chi connectivity index (χ1n) is 19.0. The molecule has 7 rings (SSSR count). The SMILES string of the molecule is CC(C)(C)OC[C@H](OC(N)=O)c1noc([C@H](CC(=O)NC(c2ccccc2)(c2ccccc2)c2ccccc2)NC(=O)OCC2c3ccccc3-c3ccccc32)n1. The number of amides is 3. The number of carbonyl (C=O) groups excluding carboxylic acids is 3. The van der Waals surface area contributed by atoms with Crippen LogP contribution < -0.4 is 16.4 Å². The number of aromatic nitrogens is 2. The van der Waals surface area contributed by atoms with Crippen LogP contribution in [0, 0.1) is 0 Å². The van der Waals surface area contributed by atoms with E-state index in [2.05, 4.69) is 32.9 Å². The number of fused-ring (bicyclic) bond motifs is 3. The summed E-state index contributed by atoms with van der Waals surface area (Å²) in [6.07, 6.45) is -3.36. The fraction of sp³-hybridized carbons (Fsp3) is 0.239. The fourth-order valence-corrected chi connectivity index (χ4v) is 7.36. The van der Waals surface area contributed by atoms with Gasteiger partial charge in [-0.05, 0) is 59.7 Å². The molecule has 3 amide bonds. The van der Waals surface area contributed by atoms with E-state index < -0.39 is 41.4 Å². The normalized spacial score (nSPS) is 13.4. The lowest BCUT2D eigenvalue weighted by Gasteiger charge is -2.37. The first-order valence-corrected chi connectivity index (χ1v) is 19.0. The molecule has 1 aromatic heterocycles. The van der Waals surface area contributed by atoms with E-state index in [1.165, 1.54) is 0 Å². The minimum atomic E-state index is -1.19. The molecule has 0 fully saturated rings. The van der Waals surface area contributed by atoms with Crippen LogP contribution in [0.25, 0.3) is 11.1 Å². The molecule has 2 atom stereocenters. The first kappa shape index (κ1) is 39.4. The van der Waals surface area contributed by atoms with Crippen LogP contribution in [-0.4, -0.2) is 47.0 Å². The molecular formula is C46H45N5O7. The number of nitrogens with zero attached hydrogens (tertiary/aromatic N) is 2. The summed E-state index contributed by atoms with van der Waals surface area (Å²) in [5, 5.41) is 10.2. The van der Waals surface area contributed by atoms with Gasteiger partial charge in [0.25, 0.3) is 0 Å². The second-order valence-corrected chi connectivity index (χ2v) is 15.0. The van der Waals surface area contributed by atoms with Crippen molar-refractivity contribution in [2.24, 2.45) is 5.73 Å². The highest BCUT2D eigenvalue weighted by Gasteiger charge is 2.39. The smallest absolute Gasteiger partial charge is 0.407 e. The number of benzene rings is 5. The molecule has 12 heteroatoms. The minimum absolute atomic E-state index is 0.0334. The van der Waals surface area contributed by atoms with Gasteiger partial charge in [-0.25, -0.2) is 9.59 Å². The summed E-state index contributed by atoms with van der Waals surface area (Å²) < 4.78 is 22.7. The van der Waals surface area contributed by atoms with E-state index in [1.54, 1.807) is 0 Å². The third kappa shape index (κ3) is 8.77. The molecule has 58 heavy (non-hydrogen) atoms. The van der Waals surface area contributed by atoms with Crippen LogP contribution in [0.5, 0.6) is 0 Å². The maximum Gasteiger partial charge on any atom is 0.407 e. The zero-order valence-electron chi connectivity index (χ0n) is 32.5. The molecule has 1 heterocycles. The van der Waals surface area contributed by atoms with Gasteiger partial charge in [0.05, 0.1) is 18.6 Å². The molecular weight excluding hydrogens is 735 g/mol. The van der Waals surface area contributed by atoms with Crippen molar-refractivity contribution in [1.82, 2.24) is 20.8 Å². The Hall–Kier alpha value is -6.79. The van der Waals surface area contributed by atoms with E-state index in [0.717, 1.165) is 38.9 Å². The summed E-state index contributed by atoms with van der Waals surface area (Å²) in [4.78, 5) is 44.8. The number of carbonyl (C=O) groups is 3. The summed E-state index contributed by atoms with van der Waals surface area (Å²) >= 11 is 0.